The lowest BCUT2D eigenvalue weighted by atomic mass is 10.1. The van der Waals surface area contributed by atoms with E-state index in [4.69, 9.17) is 14.7 Å². The van der Waals surface area contributed by atoms with Crippen molar-refractivity contribution >= 4 is 25.4 Å². The molecule has 0 spiro atoms. The number of hydrogen-bond donors (Lipinski definition) is 2. The minimum absolute atomic E-state index is 0. The van der Waals surface area contributed by atoms with Gasteiger partial charge in [0.1, 0.15) is 12.4 Å². The molecule has 2 aromatic rings. The van der Waals surface area contributed by atoms with E-state index in [2.05, 4.69) is 0 Å². The Hall–Kier alpha value is -2.75. The first kappa shape index (κ1) is 21.9. The topological polar surface area (TPSA) is 91.3 Å². The number of morpholine rings is 1. The number of amides is 3. The van der Waals surface area contributed by atoms with E-state index >= 15 is 0 Å². The van der Waals surface area contributed by atoms with E-state index in [0.29, 0.717) is 38.6 Å². The number of nitrogens with one attached hydrogen (secondary N) is 1. The summed E-state index contributed by atoms with van der Waals surface area (Å²) in [4.78, 5) is 28.7. The van der Waals surface area contributed by atoms with Crippen molar-refractivity contribution in [3.63, 3.8) is 0 Å². The molecule has 0 bridgehead atoms. The summed E-state index contributed by atoms with van der Waals surface area (Å²) in [6.07, 6.45) is 0. The molecule has 2 heterocycles. The van der Waals surface area contributed by atoms with Crippen LogP contribution in [0.1, 0.15) is 27.5 Å². The Morgan fingerprint density at radius 1 is 1.07 bits per heavy atom. The van der Waals surface area contributed by atoms with Gasteiger partial charge in [0.15, 0.2) is 0 Å². The quantitative estimate of drug-likeness (QED) is 0.563. The fourth-order valence-electron chi connectivity index (χ4n) is 3.67. The Morgan fingerprint density at radius 2 is 1.80 bits per heavy atom. The van der Waals surface area contributed by atoms with E-state index in [9.17, 15) is 9.59 Å². The van der Waals surface area contributed by atoms with Crippen molar-refractivity contribution in [3.8, 4) is 5.75 Å². The Bertz CT molecular complexity index is 889. The molecule has 1 atom stereocenters. The first-order chi connectivity index (χ1) is 14.2. The predicted octanol–water partition coefficient (Wildman–Crippen LogP) is 2.31. The third-order valence-electron chi connectivity index (χ3n) is 5.26. The zero-order valence-corrected chi connectivity index (χ0v) is 17.4. The summed E-state index contributed by atoms with van der Waals surface area (Å²) in [5.74, 6) is -0.0779. The number of hydroxylamine groups is 1. The van der Waals surface area contributed by atoms with Crippen molar-refractivity contribution < 1.29 is 24.3 Å². The smallest absolute Gasteiger partial charge is 0.321 e. The zero-order chi connectivity index (χ0) is 20.2. The Kier molecular flexibility index (Phi) is 7.20. The Morgan fingerprint density at radius 3 is 2.50 bits per heavy atom. The second kappa shape index (κ2) is 9.84. The molecule has 30 heavy (non-hydrogen) atoms. The lowest BCUT2D eigenvalue weighted by molar-refractivity contribution is 0.0362. The molecule has 0 unspecified atom stereocenters. The van der Waals surface area contributed by atoms with Gasteiger partial charge in [-0.1, -0.05) is 36.4 Å². The first-order valence-corrected chi connectivity index (χ1v) is 9.56. The van der Waals surface area contributed by atoms with Crippen LogP contribution in [-0.2, 0) is 11.3 Å². The maximum Gasteiger partial charge on any atom is 0.321 e. The van der Waals surface area contributed by atoms with Crippen LogP contribution in [-0.4, -0.2) is 59.9 Å². The van der Waals surface area contributed by atoms with Crippen LogP contribution in [0.2, 0.25) is 0 Å². The molecule has 8 nitrogen and oxygen atoms in total. The average Bonchev–Trinajstić information content (AvgIpc) is 2.98. The normalized spacial score (nSPS) is 18.4. The number of ether oxygens (including phenoxy) is 2. The van der Waals surface area contributed by atoms with Gasteiger partial charge in [-0.15, -0.1) is 0 Å². The number of urea groups is 1. The summed E-state index contributed by atoms with van der Waals surface area (Å²) in [5, 5.41) is 8.89. The summed E-state index contributed by atoms with van der Waals surface area (Å²) in [5.41, 5.74) is 3.71. The van der Waals surface area contributed by atoms with Gasteiger partial charge in [-0.05, 0) is 17.7 Å². The summed E-state index contributed by atoms with van der Waals surface area (Å²) in [6.45, 7) is 2.79. The molecule has 2 aliphatic heterocycles. The second-order valence-corrected chi connectivity index (χ2v) is 7.01. The van der Waals surface area contributed by atoms with Gasteiger partial charge in [0.2, 0.25) is 0 Å². The summed E-state index contributed by atoms with van der Waals surface area (Å²) < 4.78 is 11.4. The van der Waals surface area contributed by atoms with Crippen LogP contribution in [0.4, 0.5) is 4.79 Å². The average molecular weight is 432 g/mol. The minimum Gasteiger partial charge on any atom is -0.491 e. The summed E-state index contributed by atoms with van der Waals surface area (Å²) in [7, 11) is 0. The van der Waals surface area contributed by atoms with Gasteiger partial charge in [-0.2, -0.15) is 13.5 Å². The fraction of sp³-hybridized carbons (Fsp3) is 0.333. The number of hydrogen-bond acceptors (Lipinski definition) is 5. The van der Waals surface area contributed by atoms with Gasteiger partial charge < -0.3 is 19.3 Å². The number of carbonyl (C=O) groups is 2. The van der Waals surface area contributed by atoms with E-state index in [1.54, 1.807) is 28.6 Å². The second-order valence-electron chi connectivity index (χ2n) is 7.01. The van der Waals surface area contributed by atoms with E-state index in [-0.39, 0.29) is 37.7 Å². The van der Waals surface area contributed by atoms with Gasteiger partial charge in [0, 0.05) is 24.2 Å². The molecule has 0 aromatic heterocycles. The van der Waals surface area contributed by atoms with E-state index in [1.165, 1.54) is 0 Å². The van der Waals surface area contributed by atoms with Gasteiger partial charge in [-0.25, -0.2) is 10.3 Å². The van der Waals surface area contributed by atoms with Gasteiger partial charge >= 0.3 is 6.03 Å². The number of carbonyl (C=O) groups excluding carboxylic acids is 2. The fourth-order valence-corrected chi connectivity index (χ4v) is 3.67. The highest BCUT2D eigenvalue weighted by Gasteiger charge is 2.33. The number of rotatable bonds is 2. The highest BCUT2D eigenvalue weighted by Crippen LogP contribution is 2.33. The van der Waals surface area contributed by atoms with Crippen molar-refractivity contribution in [2.24, 2.45) is 0 Å². The van der Waals surface area contributed by atoms with Crippen LogP contribution < -0.4 is 10.2 Å². The predicted molar refractivity (Wildman–Crippen MR) is 114 cm³/mol. The SMILES string of the molecule is O=C(NO)c1ccc2c(c1)OC[C@H](c1ccccc1)N(C(=O)N1CCOCC1)C2.S. The molecule has 0 saturated carbocycles. The first-order valence-electron chi connectivity index (χ1n) is 9.56. The van der Waals surface area contributed by atoms with Crippen LogP contribution in [0.5, 0.6) is 5.75 Å². The molecular weight excluding hydrogens is 406 g/mol. The standard InChI is InChI=1S/C21H23N3O5.H2S/c25-20(22-27)16-6-7-17-13-24(21(26)23-8-10-28-11-9-23)18(14-29-19(17)12-16)15-4-2-1-3-5-15;/h1-7,12,18,27H,8-11,13-14H2,(H,22,25);1H2/t18-;/m1./s1. The highest BCUT2D eigenvalue weighted by atomic mass is 32.1. The van der Waals surface area contributed by atoms with Crippen molar-refractivity contribution in [1.82, 2.24) is 15.3 Å². The van der Waals surface area contributed by atoms with Crippen LogP contribution in [0.25, 0.3) is 0 Å². The molecule has 2 aliphatic rings. The van der Waals surface area contributed by atoms with Crippen LogP contribution in [0, 0.1) is 0 Å². The number of benzene rings is 2. The van der Waals surface area contributed by atoms with Gasteiger partial charge in [0.25, 0.3) is 5.91 Å². The van der Waals surface area contributed by atoms with E-state index < -0.39 is 5.91 Å². The van der Waals surface area contributed by atoms with Crippen molar-refractivity contribution in [3.05, 3.63) is 65.2 Å². The lowest BCUT2D eigenvalue weighted by Gasteiger charge is -2.36. The molecular formula is C21H25N3O5S. The molecule has 2 N–H and O–H groups in total. The number of fused-ring (bicyclic) bond motifs is 1. The minimum atomic E-state index is -0.610. The third kappa shape index (κ3) is 4.53. The molecule has 160 valence electrons. The van der Waals surface area contributed by atoms with Crippen molar-refractivity contribution in [2.75, 3.05) is 32.9 Å². The van der Waals surface area contributed by atoms with Crippen molar-refractivity contribution in [2.45, 2.75) is 12.6 Å². The summed E-state index contributed by atoms with van der Waals surface area (Å²) in [6, 6.07) is 14.4. The van der Waals surface area contributed by atoms with Crippen LogP contribution >= 0.6 is 13.5 Å². The maximum absolute atomic E-state index is 13.4. The largest absolute Gasteiger partial charge is 0.491 e. The Labute approximate surface area is 181 Å². The molecule has 0 aliphatic carbocycles. The maximum atomic E-state index is 13.4. The van der Waals surface area contributed by atoms with Crippen LogP contribution in [0.15, 0.2) is 48.5 Å². The van der Waals surface area contributed by atoms with Gasteiger partial charge in [-0.3, -0.25) is 10.0 Å². The monoisotopic (exact) mass is 431 g/mol. The molecule has 1 fully saturated rings. The Balaban J connectivity index is 0.00000256. The van der Waals surface area contributed by atoms with Gasteiger partial charge in [0.05, 0.1) is 25.8 Å². The highest BCUT2D eigenvalue weighted by molar-refractivity contribution is 7.59. The molecule has 4 rings (SSSR count). The van der Waals surface area contributed by atoms with Crippen molar-refractivity contribution in [1.29, 1.82) is 0 Å². The molecule has 3 amide bonds. The molecule has 9 heteroatoms. The lowest BCUT2D eigenvalue weighted by Crippen LogP contribution is -2.49. The third-order valence-corrected chi connectivity index (χ3v) is 5.26. The molecule has 1 saturated heterocycles. The zero-order valence-electron chi connectivity index (χ0n) is 16.4. The molecule has 0 radical (unpaired) electrons. The van der Waals surface area contributed by atoms with E-state index in [0.717, 1.165) is 11.1 Å². The summed E-state index contributed by atoms with van der Waals surface area (Å²) >= 11 is 0. The number of nitrogens with zero attached hydrogens (tertiary/aromatic N) is 2. The molecule has 2 aromatic carbocycles. The van der Waals surface area contributed by atoms with Crippen LogP contribution in [0.3, 0.4) is 0 Å². The van der Waals surface area contributed by atoms with E-state index in [1.807, 2.05) is 35.2 Å².